The van der Waals surface area contributed by atoms with Crippen LogP contribution in [-0.2, 0) is 0 Å². The first kappa shape index (κ1) is 13.8. The second-order valence-electron chi connectivity index (χ2n) is 3.24. The zero-order valence-corrected chi connectivity index (χ0v) is 9.96. The fourth-order valence-corrected chi connectivity index (χ4v) is 1.40. The van der Waals surface area contributed by atoms with E-state index in [9.17, 15) is 9.59 Å². The van der Waals surface area contributed by atoms with E-state index in [4.69, 9.17) is 9.52 Å². The zero-order chi connectivity index (χ0) is 12.3. The molecule has 1 N–H and O–H groups in total. The number of rotatable bonds is 2. The Labute approximate surface area is 109 Å². The fourth-order valence-electron chi connectivity index (χ4n) is 1.40. The van der Waals surface area contributed by atoms with Crippen molar-refractivity contribution in [3.8, 4) is 0 Å². The van der Waals surface area contributed by atoms with Gasteiger partial charge in [0.05, 0.1) is 12.0 Å². The Balaban J connectivity index is 0.00000162. The van der Waals surface area contributed by atoms with Gasteiger partial charge in [0, 0.05) is 0 Å². The molecule has 0 saturated heterocycles. The normalized spacial score (nSPS) is 9.33. The van der Waals surface area contributed by atoms with Gasteiger partial charge in [0.2, 0.25) is 0 Å². The standard InChI is InChI=1S/C12H9NO4.ClH/c14-11(10-7-4-8-17-10)13(12(15)16)9-5-2-1-3-6-9;/h1-8H,(H,15,16);1H. The molecule has 0 saturated carbocycles. The minimum Gasteiger partial charge on any atom is -0.464 e. The fraction of sp³-hybridized carbons (Fsp3) is 0. The summed E-state index contributed by atoms with van der Waals surface area (Å²) in [5.41, 5.74) is 0.279. The van der Waals surface area contributed by atoms with Crippen molar-refractivity contribution >= 4 is 30.1 Å². The maximum absolute atomic E-state index is 11.9. The molecule has 0 radical (unpaired) electrons. The maximum Gasteiger partial charge on any atom is 0.419 e. The first-order valence-electron chi connectivity index (χ1n) is 4.86. The van der Waals surface area contributed by atoms with Crippen molar-refractivity contribution in [2.45, 2.75) is 0 Å². The molecule has 1 aromatic carbocycles. The average Bonchev–Trinajstić information content (AvgIpc) is 2.83. The van der Waals surface area contributed by atoms with E-state index in [0.717, 1.165) is 0 Å². The summed E-state index contributed by atoms with van der Waals surface area (Å²) in [5, 5.41) is 9.06. The number of furan rings is 1. The third-order valence-corrected chi connectivity index (χ3v) is 2.14. The number of nitrogens with zero attached hydrogens (tertiary/aromatic N) is 1. The number of benzene rings is 1. The van der Waals surface area contributed by atoms with Crippen molar-refractivity contribution in [2.24, 2.45) is 0 Å². The summed E-state index contributed by atoms with van der Waals surface area (Å²) in [6.45, 7) is 0. The van der Waals surface area contributed by atoms with Crippen molar-refractivity contribution in [1.82, 2.24) is 0 Å². The highest BCUT2D eigenvalue weighted by Crippen LogP contribution is 2.17. The number of carbonyl (C=O) groups is 2. The van der Waals surface area contributed by atoms with Gasteiger partial charge in [-0.1, -0.05) is 18.2 Å². The topological polar surface area (TPSA) is 70.8 Å². The van der Waals surface area contributed by atoms with Crippen molar-refractivity contribution in [3.63, 3.8) is 0 Å². The minimum absolute atomic E-state index is 0. The molecule has 1 heterocycles. The lowest BCUT2D eigenvalue weighted by Crippen LogP contribution is -2.35. The van der Waals surface area contributed by atoms with Crippen LogP contribution in [0.4, 0.5) is 10.5 Å². The largest absolute Gasteiger partial charge is 0.464 e. The Morgan fingerprint density at radius 2 is 1.72 bits per heavy atom. The Hall–Kier alpha value is -2.27. The van der Waals surface area contributed by atoms with Gasteiger partial charge >= 0.3 is 12.0 Å². The number of carbonyl (C=O) groups excluding carboxylic acids is 1. The quantitative estimate of drug-likeness (QED) is 0.908. The summed E-state index contributed by atoms with van der Waals surface area (Å²) in [6.07, 6.45) is -0.0317. The second-order valence-corrected chi connectivity index (χ2v) is 3.24. The van der Waals surface area contributed by atoms with E-state index in [-0.39, 0.29) is 23.9 Å². The average molecular weight is 268 g/mol. The van der Waals surface area contributed by atoms with E-state index in [1.165, 1.54) is 30.5 Å². The number of hydrogen-bond acceptors (Lipinski definition) is 3. The minimum atomic E-state index is -1.35. The molecule has 0 spiro atoms. The molecule has 18 heavy (non-hydrogen) atoms. The van der Waals surface area contributed by atoms with Crippen molar-refractivity contribution < 1.29 is 19.1 Å². The van der Waals surface area contributed by atoms with Gasteiger partial charge in [0.1, 0.15) is 0 Å². The van der Waals surface area contributed by atoms with Gasteiger partial charge in [-0.3, -0.25) is 4.79 Å². The van der Waals surface area contributed by atoms with Crippen LogP contribution in [0.25, 0.3) is 0 Å². The van der Waals surface area contributed by atoms with E-state index in [1.54, 1.807) is 18.2 Å². The molecule has 5 nitrogen and oxygen atoms in total. The van der Waals surface area contributed by atoms with Crippen molar-refractivity contribution in [1.29, 1.82) is 0 Å². The van der Waals surface area contributed by atoms with Crippen LogP contribution in [0.2, 0.25) is 0 Å². The Morgan fingerprint density at radius 3 is 2.22 bits per heavy atom. The highest BCUT2D eigenvalue weighted by Gasteiger charge is 2.25. The lowest BCUT2D eigenvalue weighted by atomic mass is 10.3. The summed E-state index contributed by atoms with van der Waals surface area (Å²) >= 11 is 0. The lowest BCUT2D eigenvalue weighted by Gasteiger charge is -2.15. The molecule has 2 amide bonds. The van der Waals surface area contributed by atoms with Gasteiger partial charge in [-0.2, -0.15) is 0 Å². The van der Waals surface area contributed by atoms with Gasteiger partial charge < -0.3 is 9.52 Å². The molecule has 0 atom stereocenters. The van der Waals surface area contributed by atoms with E-state index >= 15 is 0 Å². The number of imide groups is 1. The van der Waals surface area contributed by atoms with E-state index in [0.29, 0.717) is 4.90 Å². The molecule has 2 aromatic rings. The summed E-state index contributed by atoms with van der Waals surface area (Å²) in [6, 6.07) is 11.1. The number of carboxylic acid groups (broad SMARTS) is 1. The molecule has 0 aliphatic rings. The van der Waals surface area contributed by atoms with Crippen molar-refractivity contribution in [2.75, 3.05) is 4.90 Å². The van der Waals surface area contributed by atoms with E-state index < -0.39 is 12.0 Å². The molecular formula is C12H10ClNO4. The van der Waals surface area contributed by atoms with Crippen LogP contribution >= 0.6 is 12.4 Å². The van der Waals surface area contributed by atoms with Crippen LogP contribution in [0.1, 0.15) is 10.6 Å². The first-order chi connectivity index (χ1) is 8.20. The van der Waals surface area contributed by atoms with Gasteiger partial charge in [-0.25, -0.2) is 9.69 Å². The molecular weight excluding hydrogens is 258 g/mol. The smallest absolute Gasteiger partial charge is 0.419 e. The van der Waals surface area contributed by atoms with E-state index in [2.05, 4.69) is 0 Å². The number of anilines is 1. The van der Waals surface area contributed by atoms with Crippen LogP contribution < -0.4 is 4.90 Å². The third-order valence-electron chi connectivity index (χ3n) is 2.14. The Kier molecular flexibility index (Phi) is 4.51. The van der Waals surface area contributed by atoms with Gasteiger partial charge in [0.15, 0.2) is 5.76 Å². The summed E-state index contributed by atoms with van der Waals surface area (Å²) < 4.78 is 4.89. The Morgan fingerprint density at radius 1 is 1.06 bits per heavy atom. The summed E-state index contributed by atoms with van der Waals surface area (Å²) in [4.78, 5) is 23.6. The van der Waals surface area contributed by atoms with Crippen LogP contribution in [-0.4, -0.2) is 17.1 Å². The number of halogens is 1. The highest BCUT2D eigenvalue weighted by molar-refractivity contribution is 6.17. The molecule has 0 aliphatic heterocycles. The molecule has 6 heteroatoms. The van der Waals surface area contributed by atoms with E-state index in [1.807, 2.05) is 0 Å². The third kappa shape index (κ3) is 2.70. The molecule has 0 fully saturated rings. The van der Waals surface area contributed by atoms with Crippen LogP contribution in [0, 0.1) is 0 Å². The number of hydrogen-bond donors (Lipinski definition) is 1. The maximum atomic E-state index is 11.9. The lowest BCUT2D eigenvalue weighted by molar-refractivity contribution is 0.0957. The molecule has 94 valence electrons. The predicted octanol–water partition coefficient (Wildman–Crippen LogP) is 3.03. The number of amides is 2. The van der Waals surface area contributed by atoms with Crippen molar-refractivity contribution in [3.05, 3.63) is 54.5 Å². The molecule has 0 unspecified atom stereocenters. The highest BCUT2D eigenvalue weighted by atomic mass is 35.5. The molecule has 0 aliphatic carbocycles. The molecule has 1 aromatic heterocycles. The first-order valence-corrected chi connectivity index (χ1v) is 4.86. The summed E-state index contributed by atoms with van der Waals surface area (Å²) in [5.74, 6) is -0.732. The molecule has 0 bridgehead atoms. The Bertz CT molecular complexity index is 524. The van der Waals surface area contributed by atoms with Gasteiger partial charge in [0.25, 0.3) is 0 Å². The zero-order valence-electron chi connectivity index (χ0n) is 9.15. The van der Waals surface area contributed by atoms with Crippen LogP contribution in [0.15, 0.2) is 53.1 Å². The SMILES string of the molecule is Cl.O=C(O)N(C(=O)c1ccco1)c1ccccc1. The van der Waals surface area contributed by atoms with Gasteiger partial charge in [-0.15, -0.1) is 12.4 Å². The second kappa shape index (κ2) is 5.88. The van der Waals surface area contributed by atoms with Gasteiger partial charge in [-0.05, 0) is 24.3 Å². The van der Waals surface area contributed by atoms with Crippen LogP contribution in [0.3, 0.4) is 0 Å². The summed E-state index contributed by atoms with van der Waals surface area (Å²) in [7, 11) is 0. The van der Waals surface area contributed by atoms with Crippen LogP contribution in [0.5, 0.6) is 0 Å². The molecule has 2 rings (SSSR count). The monoisotopic (exact) mass is 267 g/mol. The number of para-hydroxylation sites is 1. The predicted molar refractivity (Wildman–Crippen MR) is 67.2 cm³/mol.